The standard InChI is InChI=1S/C12H16N2O2S2/c1-2-9(8-13)18(15,16)14-11-4-3-5-12-10(11)6-7-17-12/h6-7,9,11,14H,2-5H2,1H3. The zero-order valence-corrected chi connectivity index (χ0v) is 11.9. The molecule has 1 heterocycles. The van der Waals surface area contributed by atoms with Gasteiger partial charge in [0.2, 0.25) is 10.0 Å². The van der Waals surface area contributed by atoms with Crippen LogP contribution >= 0.6 is 11.3 Å². The van der Waals surface area contributed by atoms with E-state index in [1.807, 2.05) is 17.5 Å². The minimum atomic E-state index is -3.55. The van der Waals surface area contributed by atoms with E-state index in [1.165, 1.54) is 4.88 Å². The normalized spacial score (nSPS) is 21.0. The lowest BCUT2D eigenvalue weighted by Crippen LogP contribution is -2.37. The van der Waals surface area contributed by atoms with Crippen molar-refractivity contribution >= 4 is 21.4 Å². The van der Waals surface area contributed by atoms with Crippen LogP contribution in [0.4, 0.5) is 0 Å². The third-order valence-electron chi connectivity index (χ3n) is 3.25. The first-order chi connectivity index (χ1) is 8.58. The average molecular weight is 284 g/mol. The number of rotatable bonds is 4. The van der Waals surface area contributed by atoms with Crippen LogP contribution in [0, 0.1) is 11.3 Å². The molecule has 98 valence electrons. The van der Waals surface area contributed by atoms with Crippen molar-refractivity contribution in [2.24, 2.45) is 0 Å². The molecule has 2 atom stereocenters. The molecular formula is C12H16N2O2S2. The van der Waals surface area contributed by atoms with Crippen LogP contribution in [-0.2, 0) is 16.4 Å². The molecule has 4 nitrogen and oxygen atoms in total. The van der Waals surface area contributed by atoms with Crippen LogP contribution in [0.1, 0.15) is 42.7 Å². The number of aryl methyl sites for hydroxylation is 1. The molecule has 1 aromatic heterocycles. The highest BCUT2D eigenvalue weighted by Crippen LogP contribution is 2.33. The molecule has 0 saturated carbocycles. The Labute approximate surface area is 112 Å². The molecule has 1 aliphatic carbocycles. The van der Waals surface area contributed by atoms with Gasteiger partial charge in [-0.3, -0.25) is 0 Å². The molecule has 1 aliphatic rings. The van der Waals surface area contributed by atoms with Gasteiger partial charge in [0.15, 0.2) is 5.25 Å². The number of hydrogen-bond donors (Lipinski definition) is 1. The quantitative estimate of drug-likeness (QED) is 0.922. The summed E-state index contributed by atoms with van der Waals surface area (Å²) >= 11 is 1.68. The Hall–Kier alpha value is -0.900. The first-order valence-corrected chi connectivity index (χ1v) is 8.48. The van der Waals surface area contributed by atoms with E-state index in [4.69, 9.17) is 5.26 Å². The largest absolute Gasteiger partial charge is 0.228 e. The number of thiophene rings is 1. The predicted molar refractivity (Wildman–Crippen MR) is 71.7 cm³/mol. The van der Waals surface area contributed by atoms with Crippen molar-refractivity contribution in [2.75, 3.05) is 0 Å². The lowest BCUT2D eigenvalue weighted by atomic mass is 9.95. The fourth-order valence-electron chi connectivity index (χ4n) is 2.27. The molecule has 0 saturated heterocycles. The Morgan fingerprint density at radius 2 is 2.44 bits per heavy atom. The molecule has 1 N–H and O–H groups in total. The Morgan fingerprint density at radius 3 is 3.11 bits per heavy atom. The molecule has 0 radical (unpaired) electrons. The van der Waals surface area contributed by atoms with Crippen molar-refractivity contribution in [3.8, 4) is 6.07 Å². The van der Waals surface area contributed by atoms with Crippen molar-refractivity contribution in [3.05, 3.63) is 21.9 Å². The van der Waals surface area contributed by atoms with Gasteiger partial charge in [-0.05, 0) is 42.7 Å². The molecule has 6 heteroatoms. The first kappa shape index (κ1) is 13.5. The zero-order chi connectivity index (χ0) is 13.2. The van der Waals surface area contributed by atoms with Crippen LogP contribution in [0.15, 0.2) is 11.4 Å². The maximum absolute atomic E-state index is 12.1. The van der Waals surface area contributed by atoms with Gasteiger partial charge < -0.3 is 0 Å². The highest BCUT2D eigenvalue weighted by Gasteiger charge is 2.30. The van der Waals surface area contributed by atoms with E-state index in [2.05, 4.69) is 4.72 Å². The number of nitriles is 1. The molecule has 0 amide bonds. The van der Waals surface area contributed by atoms with Crippen molar-refractivity contribution < 1.29 is 8.42 Å². The number of hydrogen-bond acceptors (Lipinski definition) is 4. The minimum Gasteiger partial charge on any atom is -0.211 e. The second-order valence-corrected chi connectivity index (χ2v) is 7.33. The second-order valence-electron chi connectivity index (χ2n) is 4.43. The summed E-state index contributed by atoms with van der Waals surface area (Å²) < 4.78 is 26.8. The van der Waals surface area contributed by atoms with Gasteiger partial charge in [-0.2, -0.15) is 5.26 Å². The second kappa shape index (κ2) is 5.39. The molecular weight excluding hydrogens is 268 g/mol. The van der Waals surface area contributed by atoms with Gasteiger partial charge in [0.05, 0.1) is 6.07 Å². The van der Waals surface area contributed by atoms with Crippen molar-refractivity contribution in [3.63, 3.8) is 0 Å². The summed E-state index contributed by atoms with van der Waals surface area (Å²) in [6.07, 6.45) is 3.14. The van der Waals surface area contributed by atoms with Crippen LogP contribution in [0.5, 0.6) is 0 Å². The van der Waals surface area contributed by atoms with E-state index < -0.39 is 15.3 Å². The zero-order valence-electron chi connectivity index (χ0n) is 10.2. The van der Waals surface area contributed by atoms with E-state index in [0.29, 0.717) is 6.42 Å². The third kappa shape index (κ3) is 2.58. The maximum Gasteiger partial charge on any atom is 0.228 e. The molecule has 2 unspecified atom stereocenters. The van der Waals surface area contributed by atoms with Crippen LogP contribution in [0.2, 0.25) is 0 Å². The van der Waals surface area contributed by atoms with E-state index in [9.17, 15) is 8.42 Å². The van der Waals surface area contributed by atoms with Gasteiger partial charge in [0.25, 0.3) is 0 Å². The SMILES string of the molecule is CCC(C#N)S(=O)(=O)NC1CCCc2sccc21. The lowest BCUT2D eigenvalue weighted by Gasteiger charge is -2.24. The first-order valence-electron chi connectivity index (χ1n) is 6.05. The van der Waals surface area contributed by atoms with Crippen LogP contribution in [-0.4, -0.2) is 13.7 Å². The third-order valence-corrected chi connectivity index (χ3v) is 6.05. The monoisotopic (exact) mass is 284 g/mol. The number of fused-ring (bicyclic) bond motifs is 1. The Balaban J connectivity index is 2.20. The van der Waals surface area contributed by atoms with Gasteiger partial charge in [-0.15, -0.1) is 11.3 Å². The smallest absolute Gasteiger partial charge is 0.211 e. The number of sulfonamides is 1. The Bertz CT molecular complexity index is 557. The fourth-order valence-corrected chi connectivity index (χ4v) is 4.64. The van der Waals surface area contributed by atoms with Gasteiger partial charge in [0, 0.05) is 10.9 Å². The van der Waals surface area contributed by atoms with Crippen molar-refractivity contribution in [1.29, 1.82) is 5.26 Å². The Morgan fingerprint density at radius 1 is 1.67 bits per heavy atom. The van der Waals surface area contributed by atoms with Gasteiger partial charge in [-0.1, -0.05) is 6.92 Å². The average Bonchev–Trinajstić information content (AvgIpc) is 2.79. The summed E-state index contributed by atoms with van der Waals surface area (Å²) in [6.45, 7) is 1.71. The van der Waals surface area contributed by atoms with Crippen molar-refractivity contribution in [1.82, 2.24) is 4.72 Å². The van der Waals surface area contributed by atoms with Crippen LogP contribution in [0.25, 0.3) is 0 Å². The van der Waals surface area contributed by atoms with Gasteiger partial charge >= 0.3 is 0 Å². The topological polar surface area (TPSA) is 70.0 Å². The minimum absolute atomic E-state index is 0.160. The summed E-state index contributed by atoms with van der Waals surface area (Å²) in [5.74, 6) is 0. The van der Waals surface area contributed by atoms with E-state index in [-0.39, 0.29) is 6.04 Å². The molecule has 18 heavy (non-hydrogen) atoms. The van der Waals surface area contributed by atoms with Gasteiger partial charge in [-0.25, -0.2) is 13.1 Å². The number of nitrogens with zero attached hydrogens (tertiary/aromatic N) is 1. The van der Waals surface area contributed by atoms with E-state index in [0.717, 1.165) is 24.8 Å². The number of nitrogens with one attached hydrogen (secondary N) is 1. The predicted octanol–water partition coefficient (Wildman–Crippen LogP) is 2.35. The van der Waals surface area contributed by atoms with Crippen molar-refractivity contribution in [2.45, 2.75) is 43.9 Å². The highest BCUT2D eigenvalue weighted by atomic mass is 32.2. The summed E-state index contributed by atoms with van der Waals surface area (Å²) in [4.78, 5) is 1.26. The summed E-state index contributed by atoms with van der Waals surface area (Å²) in [6, 6.07) is 3.68. The van der Waals surface area contributed by atoms with Crippen LogP contribution < -0.4 is 4.72 Å². The summed E-state index contributed by atoms with van der Waals surface area (Å²) in [5.41, 5.74) is 1.09. The Kier molecular flexibility index (Phi) is 4.05. The lowest BCUT2D eigenvalue weighted by molar-refractivity contribution is 0.507. The molecule has 0 fully saturated rings. The molecule has 2 rings (SSSR count). The molecule has 1 aromatic rings. The van der Waals surface area contributed by atoms with E-state index >= 15 is 0 Å². The summed E-state index contributed by atoms with van der Waals surface area (Å²) in [5, 5.41) is 9.92. The fraction of sp³-hybridized carbons (Fsp3) is 0.583. The molecule has 0 bridgehead atoms. The molecule has 0 aromatic carbocycles. The highest BCUT2D eigenvalue weighted by molar-refractivity contribution is 7.90. The molecule has 0 spiro atoms. The summed E-state index contributed by atoms with van der Waals surface area (Å²) in [7, 11) is -3.55. The van der Waals surface area contributed by atoms with E-state index in [1.54, 1.807) is 18.3 Å². The maximum atomic E-state index is 12.1. The molecule has 0 aliphatic heterocycles. The van der Waals surface area contributed by atoms with Crippen LogP contribution in [0.3, 0.4) is 0 Å². The van der Waals surface area contributed by atoms with Gasteiger partial charge in [0.1, 0.15) is 0 Å².